The molecule has 1 atom stereocenters. The van der Waals surface area contributed by atoms with Gasteiger partial charge in [-0.2, -0.15) is 0 Å². The van der Waals surface area contributed by atoms with E-state index in [1.807, 2.05) is 17.0 Å². The van der Waals surface area contributed by atoms with Crippen LogP contribution in [-0.4, -0.2) is 35.0 Å². The number of rotatable bonds is 5. The molecule has 2 aromatic heterocycles. The summed E-state index contributed by atoms with van der Waals surface area (Å²) >= 11 is 0. The monoisotopic (exact) mass is 316 g/mol. The first-order chi connectivity index (χ1) is 11.2. The molecule has 23 heavy (non-hydrogen) atoms. The van der Waals surface area contributed by atoms with Crippen LogP contribution < -0.4 is 15.8 Å². The second-order valence-corrected chi connectivity index (χ2v) is 5.67. The van der Waals surface area contributed by atoms with Crippen LogP contribution in [0.2, 0.25) is 0 Å². The zero-order valence-corrected chi connectivity index (χ0v) is 12.8. The second-order valence-electron chi connectivity index (χ2n) is 5.67. The Labute approximate surface area is 133 Å². The van der Waals surface area contributed by atoms with Crippen molar-refractivity contribution in [1.82, 2.24) is 15.3 Å². The van der Waals surface area contributed by atoms with Gasteiger partial charge in [-0.15, -0.1) is 0 Å². The Morgan fingerprint density at radius 2 is 2.43 bits per heavy atom. The predicted octanol–water partition coefficient (Wildman–Crippen LogP) is 1.08. The molecule has 7 heteroatoms. The molecule has 1 aliphatic rings. The Bertz CT molecular complexity index is 695. The molecule has 0 saturated carbocycles. The molecule has 0 unspecified atom stereocenters. The molecule has 0 aliphatic carbocycles. The van der Waals surface area contributed by atoms with Crippen molar-refractivity contribution in [2.24, 2.45) is 0 Å². The molecule has 1 fully saturated rings. The summed E-state index contributed by atoms with van der Waals surface area (Å²) in [6.07, 6.45) is 7.51. The van der Waals surface area contributed by atoms with Crippen molar-refractivity contribution in [2.75, 3.05) is 18.0 Å². The number of aryl methyl sites for hydroxylation is 1. The quantitative estimate of drug-likeness (QED) is 0.861. The lowest BCUT2D eigenvalue weighted by molar-refractivity contribution is -0.121. The van der Waals surface area contributed by atoms with Crippen molar-refractivity contribution in [2.45, 2.75) is 31.7 Å². The van der Waals surface area contributed by atoms with Gasteiger partial charge < -0.3 is 19.6 Å². The van der Waals surface area contributed by atoms with Gasteiger partial charge in [0.05, 0.1) is 6.26 Å². The van der Waals surface area contributed by atoms with Crippen LogP contribution in [0, 0.1) is 0 Å². The van der Waals surface area contributed by atoms with Crippen molar-refractivity contribution in [3.05, 3.63) is 46.9 Å². The SMILES string of the molecule is O=C(CCc1ccco1)N[C@H]1CCCN(c2ncc[nH]c2=O)C1. The average molecular weight is 316 g/mol. The van der Waals surface area contributed by atoms with Gasteiger partial charge in [-0.05, 0) is 25.0 Å². The third kappa shape index (κ3) is 4.00. The molecule has 0 bridgehead atoms. The minimum absolute atomic E-state index is 0.00294. The first-order valence-electron chi connectivity index (χ1n) is 7.83. The number of furan rings is 1. The van der Waals surface area contributed by atoms with Gasteiger partial charge in [-0.25, -0.2) is 4.98 Å². The molecule has 122 valence electrons. The van der Waals surface area contributed by atoms with Gasteiger partial charge in [-0.3, -0.25) is 9.59 Å². The fourth-order valence-corrected chi connectivity index (χ4v) is 2.85. The van der Waals surface area contributed by atoms with Gasteiger partial charge in [0.15, 0.2) is 5.82 Å². The standard InChI is InChI=1S/C16H20N4O3/c21-14(6-5-13-4-2-10-23-13)19-12-3-1-9-20(11-12)15-16(22)18-8-7-17-15/h2,4,7-8,10,12H,1,3,5-6,9,11H2,(H,18,22)(H,19,21)/t12-/m0/s1. The third-order valence-electron chi connectivity index (χ3n) is 3.95. The fraction of sp³-hybridized carbons (Fsp3) is 0.438. The summed E-state index contributed by atoms with van der Waals surface area (Å²) < 4.78 is 5.23. The minimum Gasteiger partial charge on any atom is -0.469 e. The number of H-pyrrole nitrogens is 1. The zero-order chi connectivity index (χ0) is 16.1. The lowest BCUT2D eigenvalue weighted by Crippen LogP contribution is -2.49. The van der Waals surface area contributed by atoms with E-state index in [9.17, 15) is 9.59 Å². The van der Waals surface area contributed by atoms with Crippen LogP contribution in [0.25, 0.3) is 0 Å². The number of aromatic nitrogens is 2. The summed E-state index contributed by atoms with van der Waals surface area (Å²) in [5.74, 6) is 1.23. The highest BCUT2D eigenvalue weighted by Gasteiger charge is 2.23. The van der Waals surface area contributed by atoms with Crippen LogP contribution in [0.5, 0.6) is 0 Å². The van der Waals surface area contributed by atoms with Crippen molar-refractivity contribution < 1.29 is 9.21 Å². The summed E-state index contributed by atoms with van der Waals surface area (Å²) in [5, 5.41) is 3.04. The number of amides is 1. The Morgan fingerprint density at radius 1 is 1.52 bits per heavy atom. The van der Waals surface area contributed by atoms with Crippen LogP contribution in [0.4, 0.5) is 5.82 Å². The van der Waals surface area contributed by atoms with Crippen LogP contribution in [-0.2, 0) is 11.2 Å². The normalized spacial score (nSPS) is 17.9. The number of piperidine rings is 1. The van der Waals surface area contributed by atoms with E-state index in [0.29, 0.717) is 25.2 Å². The van der Waals surface area contributed by atoms with Crippen LogP contribution in [0.1, 0.15) is 25.0 Å². The Kier molecular flexibility index (Phi) is 4.75. The lowest BCUT2D eigenvalue weighted by atomic mass is 10.1. The van der Waals surface area contributed by atoms with E-state index >= 15 is 0 Å². The maximum Gasteiger partial charge on any atom is 0.290 e. The minimum atomic E-state index is -0.197. The number of anilines is 1. The lowest BCUT2D eigenvalue weighted by Gasteiger charge is -2.33. The molecule has 1 saturated heterocycles. The molecule has 3 rings (SSSR count). The van der Waals surface area contributed by atoms with Gasteiger partial charge in [0.2, 0.25) is 5.91 Å². The van der Waals surface area contributed by atoms with Crippen molar-refractivity contribution in [3.8, 4) is 0 Å². The zero-order valence-electron chi connectivity index (χ0n) is 12.8. The Morgan fingerprint density at radius 3 is 3.22 bits per heavy atom. The largest absolute Gasteiger partial charge is 0.469 e. The number of hydrogen-bond donors (Lipinski definition) is 2. The topological polar surface area (TPSA) is 91.2 Å². The summed E-state index contributed by atoms with van der Waals surface area (Å²) in [4.78, 5) is 32.6. The summed E-state index contributed by atoms with van der Waals surface area (Å²) in [6, 6.07) is 3.72. The number of aromatic amines is 1. The van der Waals surface area contributed by atoms with Gasteiger partial charge in [0, 0.05) is 44.4 Å². The molecule has 0 aromatic carbocycles. The molecule has 0 spiro atoms. The van der Waals surface area contributed by atoms with Crippen molar-refractivity contribution >= 4 is 11.7 Å². The molecule has 2 aromatic rings. The first kappa shape index (κ1) is 15.3. The molecule has 1 aliphatic heterocycles. The van der Waals surface area contributed by atoms with Crippen LogP contribution >= 0.6 is 0 Å². The summed E-state index contributed by atoms with van der Waals surface area (Å²) in [5.41, 5.74) is -0.197. The molecule has 0 radical (unpaired) electrons. The first-order valence-corrected chi connectivity index (χ1v) is 7.83. The van der Waals surface area contributed by atoms with E-state index in [1.165, 1.54) is 6.20 Å². The Hall–Kier alpha value is -2.57. The van der Waals surface area contributed by atoms with E-state index in [4.69, 9.17) is 4.42 Å². The molecule has 2 N–H and O–H groups in total. The number of carbonyl (C=O) groups is 1. The highest BCUT2D eigenvalue weighted by atomic mass is 16.3. The number of hydrogen-bond acceptors (Lipinski definition) is 5. The van der Waals surface area contributed by atoms with E-state index < -0.39 is 0 Å². The van der Waals surface area contributed by atoms with Crippen molar-refractivity contribution in [3.63, 3.8) is 0 Å². The van der Waals surface area contributed by atoms with E-state index in [1.54, 1.807) is 12.5 Å². The van der Waals surface area contributed by atoms with E-state index in [2.05, 4.69) is 15.3 Å². The van der Waals surface area contributed by atoms with Gasteiger partial charge in [-0.1, -0.05) is 0 Å². The molecular weight excluding hydrogens is 296 g/mol. The molecule has 1 amide bonds. The van der Waals surface area contributed by atoms with Crippen molar-refractivity contribution in [1.29, 1.82) is 0 Å². The maximum absolute atomic E-state index is 12.1. The van der Waals surface area contributed by atoms with Crippen LogP contribution in [0.15, 0.2) is 40.0 Å². The van der Waals surface area contributed by atoms with Gasteiger partial charge in [0.1, 0.15) is 5.76 Å². The summed E-state index contributed by atoms with van der Waals surface area (Å²) in [7, 11) is 0. The molecule has 7 nitrogen and oxygen atoms in total. The predicted molar refractivity (Wildman–Crippen MR) is 85.3 cm³/mol. The number of carbonyl (C=O) groups excluding carboxylic acids is 1. The fourth-order valence-electron chi connectivity index (χ4n) is 2.85. The average Bonchev–Trinajstić information content (AvgIpc) is 3.07. The number of nitrogens with zero attached hydrogens (tertiary/aromatic N) is 2. The molecule has 3 heterocycles. The summed E-state index contributed by atoms with van der Waals surface area (Å²) in [6.45, 7) is 1.38. The van der Waals surface area contributed by atoms with E-state index in [-0.39, 0.29) is 17.5 Å². The maximum atomic E-state index is 12.1. The second kappa shape index (κ2) is 7.13. The van der Waals surface area contributed by atoms with Gasteiger partial charge in [0.25, 0.3) is 5.56 Å². The third-order valence-corrected chi connectivity index (χ3v) is 3.95. The van der Waals surface area contributed by atoms with Crippen LogP contribution in [0.3, 0.4) is 0 Å². The smallest absolute Gasteiger partial charge is 0.290 e. The Balaban J connectivity index is 1.53. The highest BCUT2D eigenvalue weighted by molar-refractivity contribution is 5.76. The highest BCUT2D eigenvalue weighted by Crippen LogP contribution is 2.14. The molecular formula is C16H20N4O3. The van der Waals surface area contributed by atoms with E-state index in [0.717, 1.165) is 25.1 Å². The van der Waals surface area contributed by atoms with Gasteiger partial charge >= 0.3 is 0 Å². The number of nitrogens with one attached hydrogen (secondary N) is 2.